The first-order chi connectivity index (χ1) is 7.06. The van der Waals surface area contributed by atoms with Crippen molar-refractivity contribution in [3.05, 3.63) is 44.3 Å². The van der Waals surface area contributed by atoms with Gasteiger partial charge in [0.15, 0.2) is 0 Å². The molecule has 0 heterocycles. The van der Waals surface area contributed by atoms with Crippen molar-refractivity contribution in [2.45, 2.75) is 0 Å². The molecule has 1 aromatic carbocycles. The minimum absolute atomic E-state index is 0.0259. The lowest BCUT2D eigenvalue weighted by Crippen LogP contribution is -2.01. The Bertz CT molecular complexity index is 478. The Labute approximate surface area is 83.1 Å². The van der Waals surface area contributed by atoms with Crippen molar-refractivity contribution in [1.29, 1.82) is 0 Å². The molecule has 0 aliphatic rings. The highest BCUT2D eigenvalue weighted by Gasteiger charge is 2.13. The van der Waals surface area contributed by atoms with Crippen LogP contribution in [0.25, 0.3) is 10.4 Å². The summed E-state index contributed by atoms with van der Waals surface area (Å²) < 4.78 is 0. The van der Waals surface area contributed by atoms with Crippen molar-refractivity contribution in [3.8, 4) is 0 Å². The lowest BCUT2D eigenvalue weighted by Gasteiger charge is -1.99. The van der Waals surface area contributed by atoms with Crippen LogP contribution in [-0.4, -0.2) is 10.8 Å². The van der Waals surface area contributed by atoms with Crippen LogP contribution in [0.15, 0.2) is 23.3 Å². The highest BCUT2D eigenvalue weighted by atomic mass is 16.6. The van der Waals surface area contributed by atoms with Crippen LogP contribution in [0.1, 0.15) is 10.4 Å². The molecule has 0 fully saturated rings. The number of hydrogen-bond donors (Lipinski definition) is 1. The molecule has 2 N–H and O–H groups in total. The number of nitrogens with two attached hydrogens (primary N) is 1. The van der Waals surface area contributed by atoms with Crippen molar-refractivity contribution >= 4 is 17.3 Å². The number of carbonyl (C=O) groups excluding carboxylic acids is 1. The number of hydrogen-bond acceptors (Lipinski definition) is 4. The molecule has 0 saturated carbocycles. The summed E-state index contributed by atoms with van der Waals surface area (Å²) >= 11 is 0. The second-order valence-electron chi connectivity index (χ2n) is 2.52. The molecule has 0 spiro atoms. The summed E-state index contributed by atoms with van der Waals surface area (Å²) in [5, 5.41) is 13.2. The van der Waals surface area contributed by atoms with Gasteiger partial charge in [0.2, 0.25) is 0 Å². The van der Waals surface area contributed by atoms with Crippen LogP contribution in [0, 0.1) is 10.1 Å². The zero-order valence-corrected chi connectivity index (χ0v) is 7.32. The van der Waals surface area contributed by atoms with Crippen molar-refractivity contribution in [1.82, 2.24) is 0 Å². The van der Waals surface area contributed by atoms with Gasteiger partial charge in [0.25, 0.3) is 11.6 Å². The SMILES string of the molecule is [N-]=[N+]=NC(=O)c1cc([N+](=O)[O-])ccc1N. The molecule has 15 heavy (non-hydrogen) atoms. The lowest BCUT2D eigenvalue weighted by molar-refractivity contribution is -0.384. The van der Waals surface area contributed by atoms with Crippen LogP contribution in [0.2, 0.25) is 0 Å². The molecule has 8 heteroatoms. The van der Waals surface area contributed by atoms with Gasteiger partial charge < -0.3 is 5.73 Å². The minimum Gasteiger partial charge on any atom is -0.398 e. The number of nitro benzene ring substituents is 1. The summed E-state index contributed by atoms with van der Waals surface area (Å²) in [5.74, 6) is -0.946. The smallest absolute Gasteiger partial charge is 0.270 e. The Hall–Kier alpha value is -2.60. The molecule has 0 bridgehead atoms. The average Bonchev–Trinajstić information content (AvgIpc) is 2.18. The molecule has 0 aliphatic heterocycles. The normalized spacial score (nSPS) is 9.07. The Kier molecular flexibility index (Phi) is 2.85. The quantitative estimate of drug-likeness (QED) is 0.197. The summed E-state index contributed by atoms with van der Waals surface area (Å²) in [6.45, 7) is 0. The van der Waals surface area contributed by atoms with Gasteiger partial charge in [0.05, 0.1) is 10.5 Å². The van der Waals surface area contributed by atoms with E-state index in [1.54, 1.807) is 0 Å². The molecule has 0 aliphatic carbocycles. The number of non-ortho nitro benzene ring substituents is 1. The lowest BCUT2D eigenvalue weighted by atomic mass is 10.1. The molecule has 0 atom stereocenters. The van der Waals surface area contributed by atoms with E-state index < -0.39 is 10.8 Å². The number of nitro groups is 1. The van der Waals surface area contributed by atoms with E-state index in [0.29, 0.717) is 0 Å². The second kappa shape index (κ2) is 4.07. The van der Waals surface area contributed by atoms with Crippen LogP contribution in [0.4, 0.5) is 11.4 Å². The van der Waals surface area contributed by atoms with Crippen molar-refractivity contribution < 1.29 is 9.72 Å². The highest BCUT2D eigenvalue weighted by Crippen LogP contribution is 2.20. The van der Waals surface area contributed by atoms with Gasteiger partial charge >= 0.3 is 0 Å². The van der Waals surface area contributed by atoms with Crippen LogP contribution in [0.5, 0.6) is 0 Å². The van der Waals surface area contributed by atoms with E-state index in [1.165, 1.54) is 6.07 Å². The van der Waals surface area contributed by atoms with E-state index in [4.69, 9.17) is 11.3 Å². The molecular weight excluding hydrogens is 202 g/mol. The largest absolute Gasteiger partial charge is 0.398 e. The molecule has 1 rings (SSSR count). The third kappa shape index (κ3) is 2.20. The van der Waals surface area contributed by atoms with E-state index in [0.717, 1.165) is 12.1 Å². The van der Waals surface area contributed by atoms with Crippen LogP contribution in [0.3, 0.4) is 0 Å². The highest BCUT2D eigenvalue weighted by molar-refractivity contribution is 6.00. The van der Waals surface area contributed by atoms with Gasteiger partial charge in [-0.2, -0.15) is 0 Å². The molecule has 76 valence electrons. The van der Waals surface area contributed by atoms with Gasteiger partial charge in [-0.3, -0.25) is 14.9 Å². The number of carbonyl (C=O) groups is 1. The van der Waals surface area contributed by atoms with Crippen molar-refractivity contribution in [2.75, 3.05) is 5.73 Å². The van der Waals surface area contributed by atoms with E-state index in [-0.39, 0.29) is 16.9 Å². The average molecular weight is 207 g/mol. The summed E-state index contributed by atoms with van der Waals surface area (Å²) in [6.07, 6.45) is 0. The molecular formula is C7H5N5O3. The molecule has 0 radical (unpaired) electrons. The maximum Gasteiger partial charge on any atom is 0.270 e. The topological polar surface area (TPSA) is 135 Å². The van der Waals surface area contributed by atoms with E-state index in [9.17, 15) is 14.9 Å². The van der Waals surface area contributed by atoms with Gasteiger partial charge in [0.1, 0.15) is 0 Å². The third-order valence-electron chi connectivity index (χ3n) is 1.61. The monoisotopic (exact) mass is 207 g/mol. The van der Waals surface area contributed by atoms with Crippen molar-refractivity contribution in [2.24, 2.45) is 5.11 Å². The van der Waals surface area contributed by atoms with Gasteiger partial charge in [-0.1, -0.05) is 0 Å². The maximum atomic E-state index is 11.1. The first-order valence-electron chi connectivity index (χ1n) is 3.69. The molecule has 8 nitrogen and oxygen atoms in total. The summed E-state index contributed by atoms with van der Waals surface area (Å²) in [4.78, 5) is 23.1. The van der Waals surface area contributed by atoms with Crippen LogP contribution in [-0.2, 0) is 0 Å². The molecule has 1 amide bonds. The predicted octanol–water partition coefficient (Wildman–Crippen LogP) is 1.63. The molecule has 0 aromatic heterocycles. The van der Waals surface area contributed by atoms with E-state index >= 15 is 0 Å². The summed E-state index contributed by atoms with van der Waals surface area (Å²) in [7, 11) is 0. The molecule has 0 unspecified atom stereocenters. The predicted molar refractivity (Wildman–Crippen MR) is 51.0 cm³/mol. The first-order valence-corrected chi connectivity index (χ1v) is 3.69. The van der Waals surface area contributed by atoms with Gasteiger partial charge in [-0.05, 0) is 16.7 Å². The van der Waals surface area contributed by atoms with E-state index in [2.05, 4.69) is 10.0 Å². The summed E-state index contributed by atoms with van der Waals surface area (Å²) in [5.41, 5.74) is 13.0. The number of nitrogen functional groups attached to an aromatic ring is 1. The first kappa shape index (κ1) is 10.5. The Balaban J connectivity index is 3.27. The fraction of sp³-hybridized carbons (Fsp3) is 0. The molecule has 1 aromatic rings. The standard InChI is InChI=1S/C7H5N5O3/c8-6-2-1-4(12(14)15)3-5(6)7(13)10-11-9/h1-3H,8H2. The van der Waals surface area contributed by atoms with Crippen LogP contribution < -0.4 is 5.73 Å². The fourth-order valence-corrected chi connectivity index (χ4v) is 0.938. The second-order valence-corrected chi connectivity index (χ2v) is 2.52. The number of nitrogens with zero attached hydrogens (tertiary/aromatic N) is 4. The zero-order valence-electron chi connectivity index (χ0n) is 7.32. The zero-order chi connectivity index (χ0) is 11.4. The van der Waals surface area contributed by atoms with E-state index in [1.807, 2.05) is 0 Å². The summed E-state index contributed by atoms with van der Waals surface area (Å²) in [6, 6.07) is 3.33. The Morgan fingerprint density at radius 2 is 2.27 bits per heavy atom. The van der Waals surface area contributed by atoms with Crippen molar-refractivity contribution in [3.63, 3.8) is 0 Å². The number of amides is 1. The van der Waals surface area contributed by atoms with Gasteiger partial charge in [0, 0.05) is 22.7 Å². The Morgan fingerprint density at radius 1 is 1.60 bits per heavy atom. The number of anilines is 1. The van der Waals surface area contributed by atoms with Gasteiger partial charge in [-0.15, -0.1) is 0 Å². The van der Waals surface area contributed by atoms with Crippen LogP contribution >= 0.6 is 0 Å². The maximum absolute atomic E-state index is 11.1. The number of azide groups is 1. The molecule has 0 saturated heterocycles. The minimum atomic E-state index is -0.946. The fourth-order valence-electron chi connectivity index (χ4n) is 0.938. The van der Waals surface area contributed by atoms with Gasteiger partial charge in [-0.25, -0.2) is 0 Å². The number of rotatable bonds is 2. The third-order valence-corrected chi connectivity index (χ3v) is 1.61. The number of benzene rings is 1. The Morgan fingerprint density at radius 3 is 2.80 bits per heavy atom.